The first-order valence-electron chi connectivity index (χ1n) is 6.37. The van der Waals surface area contributed by atoms with E-state index in [0.717, 1.165) is 6.42 Å². The van der Waals surface area contributed by atoms with Gasteiger partial charge in [-0.05, 0) is 28.7 Å². The molecule has 0 aromatic heterocycles. The summed E-state index contributed by atoms with van der Waals surface area (Å²) in [6.07, 6.45) is 2.06. The zero-order chi connectivity index (χ0) is 13.9. The minimum Gasteiger partial charge on any atom is -0.215 e. The van der Waals surface area contributed by atoms with Crippen molar-refractivity contribution in [3.05, 3.63) is 48.0 Å². The second-order valence-electron chi connectivity index (χ2n) is 5.07. The number of benzene rings is 2. The van der Waals surface area contributed by atoms with E-state index in [1.54, 1.807) is 0 Å². The molecule has 0 radical (unpaired) electrons. The van der Waals surface area contributed by atoms with E-state index in [0.29, 0.717) is 6.54 Å². The maximum Gasteiger partial charge on any atom is 0.208 e. The summed E-state index contributed by atoms with van der Waals surface area (Å²) in [5.74, 6) is 0.264. The van der Waals surface area contributed by atoms with Crippen molar-refractivity contribution >= 4 is 20.8 Å². The summed E-state index contributed by atoms with van der Waals surface area (Å²) in [4.78, 5) is 0. The first kappa shape index (κ1) is 14.0. The Kier molecular flexibility index (Phi) is 4.22. The molecular weight excluding hydrogens is 258 g/mol. The van der Waals surface area contributed by atoms with Crippen LogP contribution in [0, 0.1) is 5.92 Å². The van der Waals surface area contributed by atoms with Crippen molar-refractivity contribution in [2.45, 2.75) is 13.3 Å². The van der Waals surface area contributed by atoms with Gasteiger partial charge in [0, 0.05) is 6.54 Å². The highest BCUT2D eigenvalue weighted by atomic mass is 32.2. The number of fused-ring (bicyclic) bond motifs is 1. The lowest BCUT2D eigenvalue weighted by atomic mass is 9.96. The monoisotopic (exact) mass is 277 g/mol. The molecule has 1 atom stereocenters. The summed E-state index contributed by atoms with van der Waals surface area (Å²) in [6.45, 7) is 2.53. The predicted octanol–water partition coefficient (Wildman–Crippen LogP) is 2.57. The van der Waals surface area contributed by atoms with Gasteiger partial charge in [-0.25, -0.2) is 13.1 Å². The molecule has 0 spiro atoms. The first-order valence-corrected chi connectivity index (χ1v) is 8.26. The molecule has 2 aromatic rings. The fourth-order valence-corrected chi connectivity index (χ4v) is 2.80. The van der Waals surface area contributed by atoms with Gasteiger partial charge in [0.25, 0.3) is 0 Å². The van der Waals surface area contributed by atoms with E-state index in [4.69, 9.17) is 0 Å². The molecule has 0 aliphatic heterocycles. The summed E-state index contributed by atoms with van der Waals surface area (Å²) >= 11 is 0. The van der Waals surface area contributed by atoms with E-state index in [-0.39, 0.29) is 5.92 Å². The average Bonchev–Trinajstić information content (AvgIpc) is 2.36. The first-order chi connectivity index (χ1) is 8.96. The summed E-state index contributed by atoms with van der Waals surface area (Å²) in [7, 11) is -3.10. The molecule has 0 aliphatic rings. The minimum atomic E-state index is -3.10. The third kappa shape index (κ3) is 4.04. The van der Waals surface area contributed by atoms with Gasteiger partial charge in [-0.15, -0.1) is 0 Å². The largest absolute Gasteiger partial charge is 0.215 e. The van der Waals surface area contributed by atoms with Crippen molar-refractivity contribution in [2.24, 2.45) is 5.92 Å². The molecule has 0 fully saturated rings. The third-order valence-electron chi connectivity index (χ3n) is 3.14. The Hall–Kier alpha value is -1.39. The van der Waals surface area contributed by atoms with Crippen molar-refractivity contribution in [3.8, 4) is 0 Å². The van der Waals surface area contributed by atoms with E-state index in [9.17, 15) is 8.42 Å². The number of hydrogen-bond donors (Lipinski definition) is 1. The summed E-state index contributed by atoms with van der Waals surface area (Å²) in [5, 5.41) is 2.47. The maximum absolute atomic E-state index is 11.1. The second kappa shape index (κ2) is 5.72. The van der Waals surface area contributed by atoms with Gasteiger partial charge in [-0.2, -0.15) is 0 Å². The van der Waals surface area contributed by atoms with Gasteiger partial charge in [0.1, 0.15) is 0 Å². The average molecular weight is 277 g/mol. The standard InChI is InChI=1S/C15H19NO2S/c1-12(11-16-19(2,17)18)10-14-8-5-7-13-6-3-4-9-15(13)14/h3-9,12,16H,10-11H2,1-2H3. The van der Waals surface area contributed by atoms with Crippen LogP contribution < -0.4 is 4.72 Å². The highest BCUT2D eigenvalue weighted by Gasteiger charge is 2.09. The Bertz CT molecular complexity index is 659. The van der Waals surface area contributed by atoms with E-state index < -0.39 is 10.0 Å². The lowest BCUT2D eigenvalue weighted by Crippen LogP contribution is -2.28. The Morgan fingerprint density at radius 2 is 1.79 bits per heavy atom. The van der Waals surface area contributed by atoms with Crippen molar-refractivity contribution in [2.75, 3.05) is 12.8 Å². The normalized spacial score (nSPS) is 13.6. The molecular formula is C15H19NO2S. The molecule has 0 bridgehead atoms. The lowest BCUT2D eigenvalue weighted by Gasteiger charge is -2.13. The van der Waals surface area contributed by atoms with Crippen LogP contribution in [-0.2, 0) is 16.4 Å². The van der Waals surface area contributed by atoms with Gasteiger partial charge >= 0.3 is 0 Å². The van der Waals surface area contributed by atoms with E-state index in [2.05, 4.69) is 35.9 Å². The zero-order valence-electron chi connectivity index (χ0n) is 11.3. The van der Waals surface area contributed by atoms with Crippen LogP contribution in [0.1, 0.15) is 12.5 Å². The van der Waals surface area contributed by atoms with Crippen LogP contribution in [0.25, 0.3) is 10.8 Å². The molecule has 2 rings (SSSR count). The minimum absolute atomic E-state index is 0.264. The fraction of sp³-hybridized carbons (Fsp3) is 0.333. The lowest BCUT2D eigenvalue weighted by molar-refractivity contribution is 0.541. The number of rotatable bonds is 5. The molecule has 19 heavy (non-hydrogen) atoms. The van der Waals surface area contributed by atoms with Gasteiger partial charge in [-0.1, -0.05) is 49.4 Å². The summed E-state index contributed by atoms with van der Waals surface area (Å²) < 4.78 is 24.7. The second-order valence-corrected chi connectivity index (χ2v) is 6.90. The Morgan fingerprint density at radius 1 is 1.11 bits per heavy atom. The van der Waals surface area contributed by atoms with E-state index >= 15 is 0 Å². The van der Waals surface area contributed by atoms with Crippen molar-refractivity contribution in [1.82, 2.24) is 4.72 Å². The summed E-state index contributed by atoms with van der Waals surface area (Å²) in [5.41, 5.74) is 1.26. The van der Waals surface area contributed by atoms with Crippen LogP contribution >= 0.6 is 0 Å². The van der Waals surface area contributed by atoms with E-state index in [1.807, 2.05) is 18.2 Å². The number of nitrogens with one attached hydrogen (secondary N) is 1. The maximum atomic E-state index is 11.1. The molecule has 1 unspecified atom stereocenters. The highest BCUT2D eigenvalue weighted by molar-refractivity contribution is 7.88. The Balaban J connectivity index is 2.13. The van der Waals surface area contributed by atoms with Gasteiger partial charge < -0.3 is 0 Å². The quantitative estimate of drug-likeness (QED) is 0.913. The van der Waals surface area contributed by atoms with Gasteiger partial charge in [-0.3, -0.25) is 0 Å². The van der Waals surface area contributed by atoms with Crippen molar-refractivity contribution in [3.63, 3.8) is 0 Å². The Morgan fingerprint density at radius 3 is 2.53 bits per heavy atom. The van der Waals surface area contributed by atoms with Crippen LogP contribution in [0.5, 0.6) is 0 Å². The van der Waals surface area contributed by atoms with Crippen LogP contribution in [0.3, 0.4) is 0 Å². The zero-order valence-corrected chi connectivity index (χ0v) is 12.1. The molecule has 3 nitrogen and oxygen atoms in total. The SMILES string of the molecule is CC(CNS(C)(=O)=O)Cc1cccc2ccccc12. The molecule has 0 aliphatic carbocycles. The Labute approximate surface area is 114 Å². The van der Waals surface area contributed by atoms with Crippen LogP contribution in [0.15, 0.2) is 42.5 Å². The van der Waals surface area contributed by atoms with Crippen LogP contribution in [-0.4, -0.2) is 21.2 Å². The van der Waals surface area contributed by atoms with E-state index in [1.165, 1.54) is 22.6 Å². The molecule has 0 heterocycles. The van der Waals surface area contributed by atoms with Crippen LogP contribution in [0.2, 0.25) is 0 Å². The summed E-state index contributed by atoms with van der Waals surface area (Å²) in [6, 6.07) is 14.5. The number of sulfonamides is 1. The van der Waals surface area contributed by atoms with Gasteiger partial charge in [0.15, 0.2) is 0 Å². The highest BCUT2D eigenvalue weighted by Crippen LogP contribution is 2.21. The number of hydrogen-bond acceptors (Lipinski definition) is 2. The van der Waals surface area contributed by atoms with Crippen molar-refractivity contribution < 1.29 is 8.42 Å². The molecule has 4 heteroatoms. The molecule has 102 valence electrons. The van der Waals surface area contributed by atoms with Crippen molar-refractivity contribution in [1.29, 1.82) is 0 Å². The molecule has 1 N–H and O–H groups in total. The van der Waals surface area contributed by atoms with Gasteiger partial charge in [0.05, 0.1) is 6.26 Å². The predicted molar refractivity (Wildman–Crippen MR) is 79.7 cm³/mol. The molecule has 0 amide bonds. The third-order valence-corrected chi connectivity index (χ3v) is 3.83. The fourth-order valence-electron chi connectivity index (χ4n) is 2.21. The van der Waals surface area contributed by atoms with Gasteiger partial charge in [0.2, 0.25) is 10.0 Å². The molecule has 0 saturated carbocycles. The van der Waals surface area contributed by atoms with Crippen LogP contribution in [0.4, 0.5) is 0 Å². The molecule has 2 aromatic carbocycles. The molecule has 0 saturated heterocycles. The topological polar surface area (TPSA) is 46.2 Å². The smallest absolute Gasteiger partial charge is 0.208 e.